The maximum absolute atomic E-state index is 12.6. The predicted octanol–water partition coefficient (Wildman–Crippen LogP) is 2.61. The Kier molecular flexibility index (Phi) is 5.71. The van der Waals surface area contributed by atoms with Crippen LogP contribution in [0.15, 0.2) is 22.7 Å². The van der Waals surface area contributed by atoms with E-state index in [0.717, 1.165) is 37.0 Å². The summed E-state index contributed by atoms with van der Waals surface area (Å²) in [5.74, 6) is -0.140. The Morgan fingerprint density at radius 2 is 2.32 bits per heavy atom. The van der Waals surface area contributed by atoms with Gasteiger partial charge < -0.3 is 5.32 Å². The maximum Gasteiger partial charge on any atom is 0.234 e. The van der Waals surface area contributed by atoms with E-state index in [2.05, 4.69) is 26.9 Å². The fraction of sp³-hybridized carbons (Fsp3) is 0.562. The number of tetrazole rings is 1. The van der Waals surface area contributed by atoms with Gasteiger partial charge in [0.05, 0.1) is 17.9 Å². The maximum atomic E-state index is 12.6. The zero-order chi connectivity index (χ0) is 17.7. The quantitative estimate of drug-likeness (QED) is 0.779. The highest BCUT2D eigenvalue weighted by molar-refractivity contribution is 8.00. The molecule has 0 bridgehead atoms. The lowest BCUT2D eigenvalue weighted by Gasteiger charge is -2.32. The predicted molar refractivity (Wildman–Crippen MR) is 96.1 cm³/mol. The summed E-state index contributed by atoms with van der Waals surface area (Å²) in [4.78, 5) is 13.7. The monoisotopic (exact) mass is 376 g/mol. The van der Waals surface area contributed by atoms with Gasteiger partial charge in [0, 0.05) is 4.88 Å². The van der Waals surface area contributed by atoms with Gasteiger partial charge >= 0.3 is 0 Å². The minimum absolute atomic E-state index is 0.140. The number of amides is 1. The molecule has 25 heavy (non-hydrogen) atoms. The standard InChI is InChI=1S/C16H20N6OS2/c1-12(14(23)18-16(11-17)7-3-2-4-8-16)25-15-19-20-21-22(15)10-13-6-5-9-24-13/h5-6,9,12H,2-4,7-8,10H2,1H3,(H,18,23)/t12-/m0/s1. The third-order valence-corrected chi connectivity index (χ3v) is 6.25. The minimum Gasteiger partial charge on any atom is -0.337 e. The molecule has 7 nitrogen and oxygen atoms in total. The number of hydrogen-bond acceptors (Lipinski definition) is 7. The first-order chi connectivity index (χ1) is 12.1. The average Bonchev–Trinajstić information content (AvgIpc) is 3.28. The van der Waals surface area contributed by atoms with E-state index in [-0.39, 0.29) is 11.2 Å². The summed E-state index contributed by atoms with van der Waals surface area (Å²) in [6.07, 6.45) is 4.54. The van der Waals surface area contributed by atoms with E-state index in [0.29, 0.717) is 11.7 Å². The van der Waals surface area contributed by atoms with Crippen molar-refractivity contribution in [2.45, 2.75) is 61.5 Å². The number of thiophene rings is 1. The minimum atomic E-state index is -0.715. The molecule has 1 fully saturated rings. The van der Waals surface area contributed by atoms with E-state index in [1.165, 1.54) is 11.8 Å². The molecule has 0 radical (unpaired) electrons. The van der Waals surface area contributed by atoms with Crippen molar-refractivity contribution in [2.24, 2.45) is 0 Å². The molecule has 1 atom stereocenters. The molecule has 0 unspecified atom stereocenters. The van der Waals surface area contributed by atoms with Crippen LogP contribution in [0.1, 0.15) is 43.9 Å². The van der Waals surface area contributed by atoms with Crippen molar-refractivity contribution >= 4 is 29.0 Å². The normalized spacial score (nSPS) is 17.6. The topological polar surface area (TPSA) is 96.5 Å². The first kappa shape index (κ1) is 17.9. The van der Waals surface area contributed by atoms with Crippen molar-refractivity contribution in [2.75, 3.05) is 0 Å². The molecule has 3 rings (SSSR count). The molecule has 0 spiro atoms. The number of rotatable bonds is 6. The summed E-state index contributed by atoms with van der Waals surface area (Å²) >= 11 is 2.95. The van der Waals surface area contributed by atoms with Gasteiger partial charge in [-0.25, -0.2) is 4.68 Å². The van der Waals surface area contributed by atoms with Crippen molar-refractivity contribution in [1.29, 1.82) is 5.26 Å². The molecule has 2 aromatic heterocycles. The van der Waals surface area contributed by atoms with Crippen LogP contribution >= 0.6 is 23.1 Å². The van der Waals surface area contributed by atoms with E-state index < -0.39 is 5.54 Å². The molecule has 0 saturated heterocycles. The van der Waals surface area contributed by atoms with Crippen molar-refractivity contribution in [1.82, 2.24) is 25.5 Å². The van der Waals surface area contributed by atoms with Crippen molar-refractivity contribution in [3.63, 3.8) is 0 Å². The van der Waals surface area contributed by atoms with Gasteiger partial charge in [0.25, 0.3) is 0 Å². The van der Waals surface area contributed by atoms with E-state index >= 15 is 0 Å². The van der Waals surface area contributed by atoms with Crippen LogP contribution in [0.4, 0.5) is 0 Å². The number of nitriles is 1. The second-order valence-electron chi connectivity index (χ2n) is 6.20. The molecule has 2 heterocycles. The molecule has 0 aliphatic heterocycles. The number of carbonyl (C=O) groups is 1. The second kappa shape index (κ2) is 7.97. The van der Waals surface area contributed by atoms with Gasteiger partial charge in [-0.15, -0.1) is 16.4 Å². The molecule has 9 heteroatoms. The van der Waals surface area contributed by atoms with Crippen LogP contribution < -0.4 is 5.32 Å². The van der Waals surface area contributed by atoms with Crippen LogP contribution in [0.25, 0.3) is 0 Å². The first-order valence-corrected chi connectivity index (χ1v) is 10.1. The molecule has 1 aliphatic carbocycles. The molecule has 1 N–H and O–H groups in total. The summed E-state index contributed by atoms with van der Waals surface area (Å²) in [7, 11) is 0. The number of nitrogens with one attached hydrogen (secondary N) is 1. The van der Waals surface area contributed by atoms with Crippen molar-refractivity contribution < 1.29 is 4.79 Å². The van der Waals surface area contributed by atoms with Gasteiger partial charge in [-0.3, -0.25) is 4.79 Å². The van der Waals surface area contributed by atoms with E-state index in [4.69, 9.17) is 0 Å². The Labute approximate surface area is 154 Å². The molecular weight excluding hydrogens is 356 g/mol. The fourth-order valence-electron chi connectivity index (χ4n) is 2.90. The second-order valence-corrected chi connectivity index (χ2v) is 8.54. The van der Waals surface area contributed by atoms with Gasteiger partial charge in [0.1, 0.15) is 5.54 Å². The zero-order valence-electron chi connectivity index (χ0n) is 14.0. The number of hydrogen-bond donors (Lipinski definition) is 1. The SMILES string of the molecule is C[C@H](Sc1nnnn1Cc1cccs1)C(=O)NC1(C#N)CCCCC1. The number of thioether (sulfide) groups is 1. The van der Waals surface area contributed by atoms with Gasteiger partial charge in [0.15, 0.2) is 0 Å². The molecule has 132 valence electrons. The molecule has 2 aromatic rings. The van der Waals surface area contributed by atoms with E-state index in [1.807, 2.05) is 24.4 Å². The largest absolute Gasteiger partial charge is 0.337 e. The van der Waals surface area contributed by atoms with Crippen LogP contribution in [-0.2, 0) is 11.3 Å². The number of nitrogens with zero attached hydrogens (tertiary/aromatic N) is 5. The molecular formula is C16H20N6OS2. The summed E-state index contributed by atoms with van der Waals surface area (Å²) in [5, 5.41) is 26.5. The smallest absolute Gasteiger partial charge is 0.234 e. The van der Waals surface area contributed by atoms with Crippen LogP contribution in [0.5, 0.6) is 0 Å². The third kappa shape index (κ3) is 4.38. The summed E-state index contributed by atoms with van der Waals surface area (Å²) in [6, 6.07) is 6.33. The summed E-state index contributed by atoms with van der Waals surface area (Å²) in [6.45, 7) is 2.40. The van der Waals surface area contributed by atoms with E-state index in [1.54, 1.807) is 16.0 Å². The first-order valence-electron chi connectivity index (χ1n) is 8.30. The summed E-state index contributed by atoms with van der Waals surface area (Å²) < 4.78 is 1.70. The van der Waals surface area contributed by atoms with Gasteiger partial charge in [-0.2, -0.15) is 5.26 Å². The lowest BCUT2D eigenvalue weighted by Crippen LogP contribution is -2.51. The van der Waals surface area contributed by atoms with Crippen LogP contribution in [0.2, 0.25) is 0 Å². The average molecular weight is 377 g/mol. The number of aromatic nitrogens is 4. The molecule has 1 saturated carbocycles. The van der Waals surface area contributed by atoms with Gasteiger partial charge in [0.2, 0.25) is 11.1 Å². The Balaban J connectivity index is 1.62. The molecule has 1 aliphatic rings. The molecule has 0 aromatic carbocycles. The zero-order valence-corrected chi connectivity index (χ0v) is 15.6. The third-order valence-electron chi connectivity index (χ3n) is 4.32. The van der Waals surface area contributed by atoms with Crippen LogP contribution in [0.3, 0.4) is 0 Å². The van der Waals surface area contributed by atoms with Gasteiger partial charge in [-0.1, -0.05) is 37.1 Å². The highest BCUT2D eigenvalue weighted by Crippen LogP contribution is 2.29. The van der Waals surface area contributed by atoms with Crippen LogP contribution in [0, 0.1) is 11.3 Å². The Morgan fingerprint density at radius 3 is 3.00 bits per heavy atom. The summed E-state index contributed by atoms with van der Waals surface area (Å²) in [5.41, 5.74) is -0.715. The van der Waals surface area contributed by atoms with Crippen molar-refractivity contribution in [3.8, 4) is 6.07 Å². The lowest BCUT2D eigenvalue weighted by molar-refractivity contribution is -0.121. The Morgan fingerprint density at radius 1 is 1.52 bits per heavy atom. The van der Waals surface area contributed by atoms with E-state index in [9.17, 15) is 10.1 Å². The highest BCUT2D eigenvalue weighted by atomic mass is 32.2. The van der Waals surface area contributed by atoms with Crippen molar-refractivity contribution in [3.05, 3.63) is 22.4 Å². The lowest BCUT2D eigenvalue weighted by atomic mass is 9.83. The van der Waals surface area contributed by atoms with Crippen LogP contribution in [-0.4, -0.2) is 36.9 Å². The molecule has 1 amide bonds. The Hall–Kier alpha value is -1.92. The number of carbonyl (C=O) groups excluding carboxylic acids is 1. The van der Waals surface area contributed by atoms with Gasteiger partial charge in [-0.05, 0) is 41.6 Å². The highest BCUT2D eigenvalue weighted by Gasteiger charge is 2.35. The Bertz CT molecular complexity index is 745. The fourth-order valence-corrected chi connectivity index (χ4v) is 4.37.